The van der Waals surface area contributed by atoms with Gasteiger partial charge in [-0.05, 0) is 43.5 Å². The van der Waals surface area contributed by atoms with Gasteiger partial charge in [0.15, 0.2) is 5.58 Å². The molecule has 1 saturated heterocycles. The van der Waals surface area contributed by atoms with E-state index in [2.05, 4.69) is 22.5 Å². The average Bonchev–Trinajstić information content (AvgIpc) is 2.79. The van der Waals surface area contributed by atoms with Crippen LogP contribution in [0.25, 0.3) is 11.1 Å². The molecule has 1 fully saturated rings. The SMILES string of the molecule is CC1CCCNC1CNc1nc2cc(Cl)ccc2o1. The molecule has 19 heavy (non-hydrogen) atoms. The first-order chi connectivity index (χ1) is 9.22. The molecule has 102 valence electrons. The zero-order valence-electron chi connectivity index (χ0n) is 10.9. The number of piperidine rings is 1. The molecule has 0 amide bonds. The Morgan fingerprint density at radius 1 is 1.53 bits per heavy atom. The smallest absolute Gasteiger partial charge is 0.295 e. The maximum Gasteiger partial charge on any atom is 0.295 e. The van der Waals surface area contributed by atoms with Gasteiger partial charge in [-0.15, -0.1) is 0 Å². The summed E-state index contributed by atoms with van der Waals surface area (Å²) < 4.78 is 5.64. The van der Waals surface area contributed by atoms with Crippen molar-refractivity contribution >= 4 is 28.7 Å². The number of nitrogens with one attached hydrogen (secondary N) is 2. The number of nitrogens with zero attached hydrogens (tertiary/aromatic N) is 1. The van der Waals surface area contributed by atoms with Crippen LogP contribution in [0.1, 0.15) is 19.8 Å². The van der Waals surface area contributed by atoms with Crippen LogP contribution in [0.4, 0.5) is 6.01 Å². The minimum atomic E-state index is 0.479. The highest BCUT2D eigenvalue weighted by Crippen LogP contribution is 2.23. The fraction of sp³-hybridized carbons (Fsp3) is 0.500. The second-order valence-electron chi connectivity index (χ2n) is 5.19. The maximum atomic E-state index is 5.93. The summed E-state index contributed by atoms with van der Waals surface area (Å²) >= 11 is 5.93. The van der Waals surface area contributed by atoms with E-state index in [-0.39, 0.29) is 0 Å². The number of fused-ring (bicyclic) bond motifs is 1. The molecule has 0 aliphatic carbocycles. The van der Waals surface area contributed by atoms with Gasteiger partial charge in [0.05, 0.1) is 0 Å². The van der Waals surface area contributed by atoms with Crippen LogP contribution >= 0.6 is 11.6 Å². The Hall–Kier alpha value is -1.26. The molecule has 3 rings (SSSR count). The van der Waals surface area contributed by atoms with Gasteiger partial charge in [0, 0.05) is 17.6 Å². The molecule has 0 bridgehead atoms. The first-order valence-corrected chi connectivity index (χ1v) is 7.13. The van der Waals surface area contributed by atoms with E-state index >= 15 is 0 Å². The van der Waals surface area contributed by atoms with Crippen molar-refractivity contribution < 1.29 is 4.42 Å². The van der Waals surface area contributed by atoms with Crippen molar-refractivity contribution in [2.75, 3.05) is 18.4 Å². The van der Waals surface area contributed by atoms with Crippen LogP contribution in [0.15, 0.2) is 22.6 Å². The molecule has 4 nitrogen and oxygen atoms in total. The van der Waals surface area contributed by atoms with E-state index in [1.807, 2.05) is 18.2 Å². The van der Waals surface area contributed by atoms with Crippen LogP contribution in [-0.2, 0) is 0 Å². The fourth-order valence-electron chi connectivity index (χ4n) is 2.56. The minimum Gasteiger partial charge on any atom is -0.424 e. The number of halogens is 1. The molecule has 2 atom stereocenters. The van der Waals surface area contributed by atoms with E-state index < -0.39 is 0 Å². The monoisotopic (exact) mass is 279 g/mol. The molecular formula is C14H18ClN3O. The predicted molar refractivity (Wildman–Crippen MR) is 77.7 cm³/mol. The summed E-state index contributed by atoms with van der Waals surface area (Å²) in [5.74, 6) is 0.681. The van der Waals surface area contributed by atoms with Crippen molar-refractivity contribution in [1.29, 1.82) is 0 Å². The van der Waals surface area contributed by atoms with Gasteiger partial charge in [0.2, 0.25) is 0 Å². The Labute approximate surface area is 117 Å². The normalized spacial score (nSPS) is 23.7. The summed E-state index contributed by atoms with van der Waals surface area (Å²) in [4.78, 5) is 4.39. The number of rotatable bonds is 3. The van der Waals surface area contributed by atoms with Crippen molar-refractivity contribution in [1.82, 2.24) is 10.3 Å². The highest BCUT2D eigenvalue weighted by Gasteiger charge is 2.20. The average molecular weight is 280 g/mol. The Morgan fingerprint density at radius 3 is 3.26 bits per heavy atom. The zero-order chi connectivity index (χ0) is 13.2. The van der Waals surface area contributed by atoms with E-state index in [4.69, 9.17) is 16.0 Å². The Bertz CT molecular complexity index is 569. The molecule has 5 heteroatoms. The van der Waals surface area contributed by atoms with E-state index in [0.29, 0.717) is 23.0 Å². The maximum absolute atomic E-state index is 5.93. The Balaban J connectivity index is 1.68. The van der Waals surface area contributed by atoms with E-state index in [9.17, 15) is 0 Å². The number of anilines is 1. The first kappa shape index (κ1) is 12.8. The molecular weight excluding hydrogens is 262 g/mol. The first-order valence-electron chi connectivity index (χ1n) is 6.76. The van der Waals surface area contributed by atoms with Crippen LogP contribution in [0.5, 0.6) is 0 Å². The van der Waals surface area contributed by atoms with Gasteiger partial charge >= 0.3 is 0 Å². The standard InChI is InChI=1S/C14H18ClN3O/c1-9-3-2-6-16-12(9)8-17-14-18-11-7-10(15)4-5-13(11)19-14/h4-5,7,9,12,16H,2-3,6,8H2,1H3,(H,17,18). The van der Waals surface area contributed by atoms with Crippen LogP contribution in [0.2, 0.25) is 5.02 Å². The molecule has 2 aromatic rings. The summed E-state index contributed by atoms with van der Waals surface area (Å²) in [6.07, 6.45) is 2.54. The fourth-order valence-corrected chi connectivity index (χ4v) is 2.73. The van der Waals surface area contributed by atoms with Gasteiger partial charge in [-0.25, -0.2) is 0 Å². The molecule has 2 N–H and O–H groups in total. The molecule has 2 heterocycles. The van der Waals surface area contributed by atoms with Gasteiger partial charge in [0.25, 0.3) is 6.01 Å². The summed E-state index contributed by atoms with van der Waals surface area (Å²) in [6, 6.07) is 6.51. The van der Waals surface area contributed by atoms with Crippen molar-refractivity contribution in [3.63, 3.8) is 0 Å². The van der Waals surface area contributed by atoms with Gasteiger partial charge in [-0.3, -0.25) is 0 Å². The topological polar surface area (TPSA) is 50.1 Å². The highest BCUT2D eigenvalue weighted by molar-refractivity contribution is 6.31. The molecule has 0 radical (unpaired) electrons. The van der Waals surface area contributed by atoms with Gasteiger partial charge in [0.1, 0.15) is 5.52 Å². The molecule has 1 aromatic heterocycles. The lowest BCUT2D eigenvalue weighted by atomic mass is 9.93. The van der Waals surface area contributed by atoms with Gasteiger partial charge in [-0.1, -0.05) is 18.5 Å². The number of aromatic nitrogens is 1. The zero-order valence-corrected chi connectivity index (χ0v) is 11.7. The lowest BCUT2D eigenvalue weighted by molar-refractivity contribution is 0.309. The van der Waals surface area contributed by atoms with Crippen molar-refractivity contribution in [3.05, 3.63) is 23.2 Å². The van der Waals surface area contributed by atoms with Crippen molar-refractivity contribution in [3.8, 4) is 0 Å². The van der Waals surface area contributed by atoms with E-state index in [0.717, 1.165) is 24.2 Å². The summed E-state index contributed by atoms with van der Waals surface area (Å²) in [6.45, 7) is 4.21. The molecule has 0 spiro atoms. The summed E-state index contributed by atoms with van der Waals surface area (Å²) in [5, 5.41) is 7.48. The van der Waals surface area contributed by atoms with Crippen LogP contribution < -0.4 is 10.6 Å². The van der Waals surface area contributed by atoms with Crippen LogP contribution in [-0.4, -0.2) is 24.1 Å². The molecule has 2 unspecified atom stereocenters. The Kier molecular flexibility index (Phi) is 3.62. The lowest BCUT2D eigenvalue weighted by Crippen LogP contribution is -2.44. The number of hydrogen-bond acceptors (Lipinski definition) is 4. The van der Waals surface area contributed by atoms with Crippen LogP contribution in [0.3, 0.4) is 0 Å². The third-order valence-electron chi connectivity index (χ3n) is 3.75. The molecule has 1 aliphatic heterocycles. The van der Waals surface area contributed by atoms with E-state index in [1.165, 1.54) is 12.8 Å². The summed E-state index contributed by atoms with van der Waals surface area (Å²) in [5.41, 5.74) is 1.55. The van der Waals surface area contributed by atoms with Crippen LogP contribution in [0, 0.1) is 5.92 Å². The molecule has 0 saturated carbocycles. The summed E-state index contributed by atoms with van der Waals surface area (Å²) in [7, 11) is 0. The minimum absolute atomic E-state index is 0.479. The lowest BCUT2D eigenvalue weighted by Gasteiger charge is -2.29. The van der Waals surface area contributed by atoms with Crippen molar-refractivity contribution in [2.45, 2.75) is 25.8 Å². The van der Waals surface area contributed by atoms with Gasteiger partial charge < -0.3 is 15.1 Å². The number of oxazole rings is 1. The number of hydrogen-bond donors (Lipinski definition) is 2. The third-order valence-corrected chi connectivity index (χ3v) is 3.99. The molecule has 1 aromatic carbocycles. The Morgan fingerprint density at radius 2 is 2.42 bits per heavy atom. The number of benzene rings is 1. The van der Waals surface area contributed by atoms with Gasteiger partial charge in [-0.2, -0.15) is 4.98 Å². The quantitative estimate of drug-likeness (QED) is 0.905. The second-order valence-corrected chi connectivity index (χ2v) is 5.63. The second kappa shape index (κ2) is 5.39. The largest absolute Gasteiger partial charge is 0.424 e. The highest BCUT2D eigenvalue weighted by atomic mass is 35.5. The van der Waals surface area contributed by atoms with Crippen molar-refractivity contribution in [2.24, 2.45) is 5.92 Å². The predicted octanol–water partition coefficient (Wildman–Crippen LogP) is 3.28. The molecule has 1 aliphatic rings. The van der Waals surface area contributed by atoms with E-state index in [1.54, 1.807) is 0 Å². The third kappa shape index (κ3) is 2.85.